The zero-order valence-corrected chi connectivity index (χ0v) is 13.6. The van der Waals surface area contributed by atoms with Gasteiger partial charge in [-0.05, 0) is 30.5 Å². The van der Waals surface area contributed by atoms with Crippen LogP contribution in [0.15, 0.2) is 42.9 Å². The number of pyridine rings is 1. The minimum Gasteiger partial charge on any atom is -0.317 e. The maximum absolute atomic E-state index is 12.7. The Morgan fingerprint density at radius 2 is 2.04 bits per heavy atom. The van der Waals surface area contributed by atoms with Crippen LogP contribution in [0, 0.1) is 12.8 Å². The van der Waals surface area contributed by atoms with Crippen LogP contribution in [0.4, 0.5) is 5.95 Å². The summed E-state index contributed by atoms with van der Waals surface area (Å²) in [5.74, 6) is 0.847. The highest BCUT2D eigenvalue weighted by Gasteiger charge is 2.15. The summed E-state index contributed by atoms with van der Waals surface area (Å²) >= 11 is 0. The van der Waals surface area contributed by atoms with E-state index in [0.29, 0.717) is 22.9 Å². The molecule has 1 amide bonds. The Morgan fingerprint density at radius 3 is 2.83 bits per heavy atom. The standard InChI is InChI=1S/C18H20N4O/c1-12(2)11-22-10-9-20-18(22)21-17(23)15-7-6-13(3)14-5-4-8-19-16(14)15/h4-10,12H,11H2,1-3H3,(H,20,21,23). The maximum Gasteiger partial charge on any atom is 0.260 e. The molecule has 0 aliphatic heterocycles. The molecule has 1 aromatic carbocycles. The fraction of sp³-hybridized carbons (Fsp3) is 0.278. The molecule has 1 N–H and O–H groups in total. The van der Waals surface area contributed by atoms with Crippen molar-refractivity contribution in [1.29, 1.82) is 0 Å². The third kappa shape index (κ3) is 3.08. The summed E-state index contributed by atoms with van der Waals surface area (Å²) in [7, 11) is 0. The first-order chi connectivity index (χ1) is 11.1. The van der Waals surface area contributed by atoms with Crippen molar-refractivity contribution in [3.05, 3.63) is 54.0 Å². The predicted molar refractivity (Wildman–Crippen MR) is 91.5 cm³/mol. The van der Waals surface area contributed by atoms with Crippen molar-refractivity contribution in [2.45, 2.75) is 27.3 Å². The van der Waals surface area contributed by atoms with Crippen molar-refractivity contribution in [3.8, 4) is 0 Å². The normalized spacial score (nSPS) is 11.1. The van der Waals surface area contributed by atoms with Gasteiger partial charge in [-0.3, -0.25) is 15.1 Å². The number of fused-ring (bicyclic) bond motifs is 1. The van der Waals surface area contributed by atoms with Gasteiger partial charge in [0.15, 0.2) is 0 Å². The molecule has 0 saturated carbocycles. The van der Waals surface area contributed by atoms with Gasteiger partial charge in [-0.25, -0.2) is 4.98 Å². The van der Waals surface area contributed by atoms with Gasteiger partial charge in [-0.2, -0.15) is 0 Å². The van der Waals surface area contributed by atoms with Gasteiger partial charge in [0.25, 0.3) is 5.91 Å². The highest BCUT2D eigenvalue weighted by Crippen LogP contribution is 2.21. The number of rotatable bonds is 4. The average molecular weight is 308 g/mol. The van der Waals surface area contributed by atoms with E-state index >= 15 is 0 Å². The number of carbonyl (C=O) groups excluding carboxylic acids is 1. The van der Waals surface area contributed by atoms with Crippen molar-refractivity contribution in [3.63, 3.8) is 0 Å². The maximum atomic E-state index is 12.7. The molecule has 3 aromatic rings. The first kappa shape index (κ1) is 15.2. The molecule has 23 heavy (non-hydrogen) atoms. The summed E-state index contributed by atoms with van der Waals surface area (Å²) in [4.78, 5) is 21.3. The van der Waals surface area contributed by atoms with E-state index in [1.807, 2.05) is 42.0 Å². The number of aryl methyl sites for hydroxylation is 1. The van der Waals surface area contributed by atoms with Crippen molar-refractivity contribution >= 4 is 22.8 Å². The van der Waals surface area contributed by atoms with Crippen LogP contribution in [0.2, 0.25) is 0 Å². The Kier molecular flexibility index (Phi) is 4.10. The summed E-state index contributed by atoms with van der Waals surface area (Å²) in [6.45, 7) is 7.08. The topological polar surface area (TPSA) is 59.8 Å². The van der Waals surface area contributed by atoms with Crippen LogP contribution in [-0.2, 0) is 6.54 Å². The van der Waals surface area contributed by atoms with E-state index < -0.39 is 0 Å². The summed E-state index contributed by atoms with van der Waals surface area (Å²) < 4.78 is 1.95. The second-order valence-corrected chi connectivity index (χ2v) is 6.08. The monoisotopic (exact) mass is 308 g/mol. The Hall–Kier alpha value is -2.69. The lowest BCUT2D eigenvalue weighted by Crippen LogP contribution is -2.17. The minimum atomic E-state index is -0.190. The molecule has 0 unspecified atom stereocenters. The minimum absolute atomic E-state index is 0.190. The van der Waals surface area contributed by atoms with Crippen molar-refractivity contribution in [1.82, 2.24) is 14.5 Å². The molecular weight excluding hydrogens is 288 g/mol. The fourth-order valence-corrected chi connectivity index (χ4v) is 2.64. The summed E-state index contributed by atoms with van der Waals surface area (Å²) in [5.41, 5.74) is 2.38. The molecule has 0 atom stereocenters. The zero-order chi connectivity index (χ0) is 16.4. The molecule has 3 rings (SSSR count). The largest absolute Gasteiger partial charge is 0.317 e. The number of hydrogen-bond donors (Lipinski definition) is 1. The van der Waals surface area contributed by atoms with Gasteiger partial charge in [-0.15, -0.1) is 0 Å². The van der Waals surface area contributed by atoms with Crippen molar-refractivity contribution in [2.75, 3.05) is 5.32 Å². The third-order valence-corrected chi connectivity index (χ3v) is 3.73. The first-order valence-electron chi connectivity index (χ1n) is 7.73. The van der Waals surface area contributed by atoms with Crippen LogP contribution in [0.1, 0.15) is 29.8 Å². The first-order valence-corrected chi connectivity index (χ1v) is 7.73. The molecule has 0 saturated heterocycles. The number of carbonyl (C=O) groups is 1. The molecule has 0 fully saturated rings. The number of hydrogen-bond acceptors (Lipinski definition) is 3. The molecule has 2 aromatic heterocycles. The van der Waals surface area contributed by atoms with Crippen molar-refractivity contribution < 1.29 is 4.79 Å². The van der Waals surface area contributed by atoms with E-state index in [0.717, 1.165) is 17.5 Å². The van der Waals surface area contributed by atoms with Crippen molar-refractivity contribution in [2.24, 2.45) is 5.92 Å². The van der Waals surface area contributed by atoms with Gasteiger partial charge in [0, 0.05) is 30.5 Å². The second kappa shape index (κ2) is 6.20. The van der Waals surface area contributed by atoms with E-state index in [1.165, 1.54) is 0 Å². The molecule has 0 aliphatic carbocycles. The molecule has 0 bridgehead atoms. The lowest BCUT2D eigenvalue weighted by Gasteiger charge is -2.12. The lowest BCUT2D eigenvalue weighted by atomic mass is 10.0. The second-order valence-electron chi connectivity index (χ2n) is 6.08. The molecule has 2 heterocycles. The fourth-order valence-electron chi connectivity index (χ4n) is 2.64. The molecular formula is C18H20N4O. The van der Waals surface area contributed by atoms with E-state index in [2.05, 4.69) is 29.1 Å². The van der Waals surface area contributed by atoms with Gasteiger partial charge in [0.1, 0.15) is 0 Å². The van der Waals surface area contributed by atoms with Gasteiger partial charge >= 0.3 is 0 Å². The van der Waals surface area contributed by atoms with E-state index in [1.54, 1.807) is 12.4 Å². The number of anilines is 1. The van der Waals surface area contributed by atoms with E-state index in [9.17, 15) is 4.79 Å². The summed E-state index contributed by atoms with van der Waals surface area (Å²) in [6.07, 6.45) is 5.28. The number of nitrogens with one attached hydrogen (secondary N) is 1. The molecule has 5 nitrogen and oxygen atoms in total. The van der Waals surface area contributed by atoms with Gasteiger partial charge in [0.2, 0.25) is 5.95 Å². The quantitative estimate of drug-likeness (QED) is 0.800. The highest BCUT2D eigenvalue weighted by atomic mass is 16.1. The number of aromatic nitrogens is 3. The van der Waals surface area contributed by atoms with Crippen LogP contribution >= 0.6 is 0 Å². The van der Waals surface area contributed by atoms with Crippen LogP contribution in [0.5, 0.6) is 0 Å². The van der Waals surface area contributed by atoms with E-state index in [4.69, 9.17) is 0 Å². The SMILES string of the molecule is Cc1ccc(C(=O)Nc2nccn2CC(C)C)c2ncccc12. The van der Waals surface area contributed by atoms with Crippen LogP contribution in [-0.4, -0.2) is 20.4 Å². The van der Waals surface area contributed by atoms with Crippen LogP contribution in [0.3, 0.4) is 0 Å². The van der Waals surface area contributed by atoms with E-state index in [-0.39, 0.29) is 5.91 Å². The molecule has 0 aliphatic rings. The molecule has 5 heteroatoms. The Morgan fingerprint density at radius 1 is 1.22 bits per heavy atom. The number of benzene rings is 1. The summed E-state index contributed by atoms with van der Waals surface area (Å²) in [5, 5.41) is 3.89. The van der Waals surface area contributed by atoms with Crippen LogP contribution in [0.25, 0.3) is 10.9 Å². The third-order valence-electron chi connectivity index (χ3n) is 3.73. The number of amides is 1. The van der Waals surface area contributed by atoms with Gasteiger partial charge in [-0.1, -0.05) is 26.0 Å². The Labute approximate surface area is 135 Å². The van der Waals surface area contributed by atoms with Crippen LogP contribution < -0.4 is 5.32 Å². The molecule has 118 valence electrons. The number of nitrogens with zero attached hydrogens (tertiary/aromatic N) is 3. The van der Waals surface area contributed by atoms with Gasteiger partial charge in [0.05, 0.1) is 11.1 Å². The smallest absolute Gasteiger partial charge is 0.260 e. The summed E-state index contributed by atoms with van der Waals surface area (Å²) in [6, 6.07) is 7.62. The lowest BCUT2D eigenvalue weighted by molar-refractivity contribution is 0.102. The highest BCUT2D eigenvalue weighted by molar-refractivity contribution is 6.11. The Balaban J connectivity index is 1.93. The number of imidazole rings is 1. The zero-order valence-electron chi connectivity index (χ0n) is 13.6. The average Bonchev–Trinajstić information content (AvgIpc) is 2.94. The predicted octanol–water partition coefficient (Wildman–Crippen LogP) is 3.65. The molecule has 0 spiro atoms. The molecule has 0 radical (unpaired) electrons. The van der Waals surface area contributed by atoms with Gasteiger partial charge < -0.3 is 4.57 Å². The Bertz CT molecular complexity index is 851.